The zero-order valence-electron chi connectivity index (χ0n) is 8.35. The van der Waals surface area contributed by atoms with Crippen molar-refractivity contribution in [2.75, 3.05) is 0 Å². The fourth-order valence-electron chi connectivity index (χ4n) is 1.36. The van der Waals surface area contributed by atoms with E-state index in [1.807, 2.05) is 0 Å². The Balaban J connectivity index is 2.64. The van der Waals surface area contributed by atoms with E-state index in [1.54, 1.807) is 6.07 Å². The predicted octanol–water partition coefficient (Wildman–Crippen LogP) is 0.874. The number of carboxylic acid groups (broad SMARTS) is 1. The molecule has 1 N–H and O–H groups in total. The van der Waals surface area contributed by atoms with E-state index in [1.165, 1.54) is 18.2 Å². The van der Waals surface area contributed by atoms with E-state index >= 15 is 0 Å². The van der Waals surface area contributed by atoms with Crippen LogP contribution >= 0.6 is 0 Å². The molecule has 0 bridgehead atoms. The maximum Gasteiger partial charge on any atom is 0.356 e. The predicted molar refractivity (Wildman–Crippen MR) is 55.0 cm³/mol. The van der Waals surface area contributed by atoms with Crippen molar-refractivity contribution in [1.29, 1.82) is 0 Å². The quantitative estimate of drug-likeness (QED) is 0.623. The van der Waals surface area contributed by atoms with Gasteiger partial charge in [0.1, 0.15) is 5.69 Å². The molecule has 86 valence electrons. The third-order valence-corrected chi connectivity index (χ3v) is 2.08. The van der Waals surface area contributed by atoms with Crippen LogP contribution in [0, 0.1) is 10.1 Å². The maximum atomic E-state index is 10.9. The second-order valence-electron chi connectivity index (χ2n) is 3.08. The Bertz CT molecular complexity index is 592. The first-order valence-electron chi connectivity index (χ1n) is 4.49. The molecule has 1 aromatic heterocycles. The number of rotatable bonds is 3. The molecule has 1 aromatic carbocycles. The van der Waals surface area contributed by atoms with Gasteiger partial charge in [0.05, 0.1) is 11.1 Å². The largest absolute Gasteiger partial charge is 0.476 e. The van der Waals surface area contributed by atoms with Crippen LogP contribution in [-0.2, 0) is 0 Å². The molecular weight excluding hydrogens is 228 g/mol. The topological polar surface area (TPSA) is 111 Å². The van der Waals surface area contributed by atoms with Gasteiger partial charge in [-0.05, 0) is 6.07 Å². The van der Waals surface area contributed by atoms with E-state index in [0.29, 0.717) is 0 Å². The van der Waals surface area contributed by atoms with Crippen LogP contribution in [0.4, 0.5) is 5.69 Å². The van der Waals surface area contributed by atoms with Crippen molar-refractivity contribution in [2.24, 2.45) is 0 Å². The number of aromatic nitrogens is 3. The number of aromatic carboxylic acids is 1. The number of nitro benzene ring substituents is 1. The van der Waals surface area contributed by atoms with E-state index in [9.17, 15) is 14.9 Å². The summed E-state index contributed by atoms with van der Waals surface area (Å²) in [5, 5.41) is 26.6. The molecule has 0 aliphatic carbocycles. The molecule has 0 aliphatic heterocycles. The molecule has 0 spiro atoms. The number of benzene rings is 1. The summed E-state index contributed by atoms with van der Waals surface area (Å²) in [4.78, 5) is 21.1. The highest BCUT2D eigenvalue weighted by Gasteiger charge is 2.20. The van der Waals surface area contributed by atoms with Crippen LogP contribution in [0.3, 0.4) is 0 Å². The third-order valence-electron chi connectivity index (χ3n) is 2.08. The number of nitrogens with zero attached hydrogens (tertiary/aromatic N) is 4. The van der Waals surface area contributed by atoms with Crippen molar-refractivity contribution in [3.05, 3.63) is 46.3 Å². The monoisotopic (exact) mass is 234 g/mol. The third kappa shape index (κ3) is 1.83. The van der Waals surface area contributed by atoms with Gasteiger partial charge in [0.25, 0.3) is 5.69 Å². The van der Waals surface area contributed by atoms with Gasteiger partial charge < -0.3 is 5.11 Å². The number of carboxylic acids is 1. The summed E-state index contributed by atoms with van der Waals surface area (Å²) < 4.78 is 0.917. The highest BCUT2D eigenvalue weighted by molar-refractivity contribution is 5.86. The minimum absolute atomic E-state index is 0.0624. The van der Waals surface area contributed by atoms with Crippen LogP contribution in [0.5, 0.6) is 0 Å². The molecule has 2 rings (SSSR count). The van der Waals surface area contributed by atoms with Crippen molar-refractivity contribution in [3.63, 3.8) is 0 Å². The molecule has 0 amide bonds. The Morgan fingerprint density at radius 2 is 2.12 bits per heavy atom. The van der Waals surface area contributed by atoms with E-state index < -0.39 is 10.9 Å². The summed E-state index contributed by atoms with van der Waals surface area (Å²) in [6.45, 7) is 0. The first-order valence-corrected chi connectivity index (χ1v) is 4.49. The molecule has 0 radical (unpaired) electrons. The molecule has 17 heavy (non-hydrogen) atoms. The average molecular weight is 234 g/mol. The van der Waals surface area contributed by atoms with Crippen molar-refractivity contribution in [1.82, 2.24) is 15.0 Å². The van der Waals surface area contributed by atoms with Crippen molar-refractivity contribution in [2.45, 2.75) is 0 Å². The van der Waals surface area contributed by atoms with Gasteiger partial charge in [-0.1, -0.05) is 17.3 Å². The highest BCUT2D eigenvalue weighted by Crippen LogP contribution is 2.22. The SMILES string of the molecule is O=C(O)c1cnnn1-c1ccccc1[N+](=O)[O-]. The Labute approximate surface area is 94.3 Å². The minimum atomic E-state index is -1.26. The molecule has 0 aliphatic rings. The lowest BCUT2D eigenvalue weighted by atomic mass is 10.2. The first kappa shape index (κ1) is 10.7. The lowest BCUT2D eigenvalue weighted by Crippen LogP contribution is -2.09. The van der Waals surface area contributed by atoms with Crippen molar-refractivity contribution in [3.8, 4) is 5.69 Å². The van der Waals surface area contributed by atoms with Gasteiger partial charge in [-0.3, -0.25) is 10.1 Å². The Morgan fingerprint density at radius 1 is 1.41 bits per heavy atom. The van der Waals surface area contributed by atoms with Gasteiger partial charge in [0, 0.05) is 6.07 Å². The summed E-state index contributed by atoms with van der Waals surface area (Å²) in [5.74, 6) is -1.26. The van der Waals surface area contributed by atoms with Crippen LogP contribution in [0.1, 0.15) is 10.5 Å². The van der Waals surface area contributed by atoms with E-state index in [-0.39, 0.29) is 17.1 Å². The lowest BCUT2D eigenvalue weighted by molar-refractivity contribution is -0.384. The van der Waals surface area contributed by atoms with Crippen LogP contribution in [0.2, 0.25) is 0 Å². The fraction of sp³-hybridized carbons (Fsp3) is 0. The van der Waals surface area contributed by atoms with E-state index in [0.717, 1.165) is 10.9 Å². The van der Waals surface area contributed by atoms with Gasteiger partial charge in [-0.25, -0.2) is 4.79 Å². The summed E-state index contributed by atoms with van der Waals surface area (Å²) in [6, 6.07) is 5.70. The Hall–Kier alpha value is -2.77. The number of nitro groups is 1. The first-order chi connectivity index (χ1) is 8.11. The van der Waals surface area contributed by atoms with Gasteiger partial charge in [0.2, 0.25) is 0 Å². The van der Waals surface area contributed by atoms with Crippen LogP contribution < -0.4 is 0 Å². The van der Waals surface area contributed by atoms with Crippen LogP contribution in [0.15, 0.2) is 30.5 Å². The standard InChI is InChI=1S/C9H6N4O4/c14-9(15)8-5-10-11-12(8)6-3-1-2-4-7(6)13(16)17/h1-5H,(H,14,15). The smallest absolute Gasteiger partial charge is 0.356 e. The fourth-order valence-corrected chi connectivity index (χ4v) is 1.36. The number of hydrogen-bond donors (Lipinski definition) is 1. The van der Waals surface area contributed by atoms with Crippen LogP contribution in [-0.4, -0.2) is 31.0 Å². The second kappa shape index (κ2) is 4.00. The highest BCUT2D eigenvalue weighted by atomic mass is 16.6. The zero-order chi connectivity index (χ0) is 12.4. The van der Waals surface area contributed by atoms with Crippen molar-refractivity contribution < 1.29 is 14.8 Å². The molecule has 8 heteroatoms. The van der Waals surface area contributed by atoms with Gasteiger partial charge in [-0.2, -0.15) is 4.68 Å². The van der Waals surface area contributed by atoms with E-state index in [4.69, 9.17) is 5.11 Å². The van der Waals surface area contributed by atoms with Crippen molar-refractivity contribution >= 4 is 11.7 Å². The molecule has 2 aromatic rings. The molecular formula is C9H6N4O4. The molecule has 0 saturated heterocycles. The molecule has 0 atom stereocenters. The second-order valence-corrected chi connectivity index (χ2v) is 3.08. The summed E-state index contributed by atoms with van der Waals surface area (Å²) >= 11 is 0. The Morgan fingerprint density at radius 3 is 2.76 bits per heavy atom. The molecule has 8 nitrogen and oxygen atoms in total. The summed E-state index contributed by atoms with van der Waals surface area (Å²) in [7, 11) is 0. The van der Waals surface area contributed by atoms with Gasteiger partial charge in [-0.15, -0.1) is 5.10 Å². The van der Waals surface area contributed by atoms with Gasteiger partial charge in [0.15, 0.2) is 5.69 Å². The molecule has 0 fully saturated rings. The number of para-hydroxylation sites is 2. The summed E-state index contributed by atoms with van der Waals surface area (Å²) in [5.41, 5.74) is -0.410. The normalized spacial score (nSPS) is 10.1. The average Bonchev–Trinajstić information content (AvgIpc) is 2.77. The minimum Gasteiger partial charge on any atom is -0.476 e. The lowest BCUT2D eigenvalue weighted by Gasteiger charge is -2.03. The van der Waals surface area contributed by atoms with Crippen LogP contribution in [0.25, 0.3) is 5.69 Å². The number of carbonyl (C=O) groups is 1. The molecule has 1 heterocycles. The van der Waals surface area contributed by atoms with Gasteiger partial charge >= 0.3 is 5.97 Å². The maximum absolute atomic E-state index is 10.9. The van der Waals surface area contributed by atoms with E-state index in [2.05, 4.69) is 10.3 Å². The molecule has 0 unspecified atom stereocenters. The molecule has 0 saturated carbocycles. The number of hydrogen-bond acceptors (Lipinski definition) is 5. The summed E-state index contributed by atoms with van der Waals surface area (Å²) in [6.07, 6.45) is 1.03. The Kier molecular flexibility index (Phi) is 2.53. The zero-order valence-corrected chi connectivity index (χ0v) is 8.35.